The first kappa shape index (κ1) is 28.6. The highest BCUT2D eigenvalue weighted by atomic mass is 35.5. The van der Waals surface area contributed by atoms with E-state index in [-0.39, 0.29) is 23.4 Å². The van der Waals surface area contributed by atoms with Crippen molar-refractivity contribution in [2.75, 3.05) is 10.8 Å². The molecule has 1 aliphatic carbocycles. The minimum atomic E-state index is -4.10. The molecule has 9 heteroatoms. The van der Waals surface area contributed by atoms with Crippen molar-refractivity contribution >= 4 is 39.1 Å². The van der Waals surface area contributed by atoms with E-state index in [0.29, 0.717) is 10.7 Å². The lowest BCUT2D eigenvalue weighted by Gasteiger charge is -2.32. The Bertz CT molecular complexity index is 1390. The zero-order valence-corrected chi connectivity index (χ0v) is 23.8. The lowest BCUT2D eigenvalue weighted by Crippen LogP contribution is -2.52. The summed E-state index contributed by atoms with van der Waals surface area (Å²) in [4.78, 5) is 28.7. The van der Waals surface area contributed by atoms with Crippen LogP contribution in [0.3, 0.4) is 0 Å². The van der Waals surface area contributed by atoms with E-state index in [1.54, 1.807) is 49.4 Å². The van der Waals surface area contributed by atoms with E-state index in [2.05, 4.69) is 5.32 Å². The number of carbonyl (C=O) groups is 2. The summed E-state index contributed by atoms with van der Waals surface area (Å²) in [7, 11) is -4.10. The number of hydrogen-bond acceptors (Lipinski definition) is 4. The molecule has 1 N–H and O–H groups in total. The summed E-state index contributed by atoms with van der Waals surface area (Å²) in [6.45, 7) is 3.34. The number of benzene rings is 3. The molecule has 1 atom stereocenters. The third kappa shape index (κ3) is 7.19. The zero-order valence-electron chi connectivity index (χ0n) is 22.2. The van der Waals surface area contributed by atoms with Gasteiger partial charge in [-0.05, 0) is 68.7 Å². The maximum Gasteiger partial charge on any atom is 0.264 e. The van der Waals surface area contributed by atoms with Crippen LogP contribution in [0.25, 0.3) is 0 Å². The van der Waals surface area contributed by atoms with E-state index in [9.17, 15) is 18.0 Å². The molecule has 1 fully saturated rings. The van der Waals surface area contributed by atoms with Gasteiger partial charge < -0.3 is 10.2 Å². The van der Waals surface area contributed by atoms with Crippen molar-refractivity contribution in [1.29, 1.82) is 0 Å². The van der Waals surface area contributed by atoms with Crippen molar-refractivity contribution in [3.05, 3.63) is 95.0 Å². The normalized spacial score (nSPS) is 14.5. The molecular formula is C30H34ClN3O4S. The van der Waals surface area contributed by atoms with Gasteiger partial charge in [0.1, 0.15) is 12.6 Å². The van der Waals surface area contributed by atoms with E-state index in [1.807, 2.05) is 31.2 Å². The fraction of sp³-hybridized carbons (Fsp3) is 0.333. The second kappa shape index (κ2) is 12.7. The predicted octanol–water partition coefficient (Wildman–Crippen LogP) is 5.32. The van der Waals surface area contributed by atoms with Gasteiger partial charge in [0.2, 0.25) is 11.8 Å². The summed E-state index contributed by atoms with van der Waals surface area (Å²) < 4.78 is 28.6. The largest absolute Gasteiger partial charge is 0.352 e. The molecule has 0 spiro atoms. The number of rotatable bonds is 10. The van der Waals surface area contributed by atoms with Crippen LogP contribution >= 0.6 is 11.6 Å². The van der Waals surface area contributed by atoms with Crippen LogP contribution in [-0.2, 0) is 26.2 Å². The Kier molecular flexibility index (Phi) is 9.30. The number of anilines is 1. The fourth-order valence-electron chi connectivity index (χ4n) is 4.84. The first-order chi connectivity index (χ1) is 18.6. The van der Waals surface area contributed by atoms with Crippen molar-refractivity contribution in [2.24, 2.45) is 0 Å². The minimum absolute atomic E-state index is 0.0602. The molecular weight excluding hydrogens is 534 g/mol. The van der Waals surface area contributed by atoms with Crippen LogP contribution in [-0.4, -0.2) is 43.8 Å². The summed E-state index contributed by atoms with van der Waals surface area (Å²) in [6.07, 6.45) is 3.98. The predicted molar refractivity (Wildman–Crippen MR) is 154 cm³/mol. The van der Waals surface area contributed by atoms with Crippen LogP contribution in [0, 0.1) is 6.92 Å². The highest BCUT2D eigenvalue weighted by Crippen LogP contribution is 2.26. The Morgan fingerprint density at radius 3 is 2.28 bits per heavy atom. The molecule has 3 aromatic carbocycles. The third-order valence-corrected chi connectivity index (χ3v) is 9.07. The summed E-state index contributed by atoms with van der Waals surface area (Å²) >= 11 is 6.07. The van der Waals surface area contributed by atoms with Gasteiger partial charge in [-0.25, -0.2) is 8.42 Å². The van der Waals surface area contributed by atoms with Crippen LogP contribution in [0.15, 0.2) is 83.8 Å². The van der Waals surface area contributed by atoms with Crippen molar-refractivity contribution in [1.82, 2.24) is 10.2 Å². The van der Waals surface area contributed by atoms with E-state index in [4.69, 9.17) is 11.6 Å². The van der Waals surface area contributed by atoms with E-state index in [1.165, 1.54) is 17.0 Å². The van der Waals surface area contributed by atoms with Gasteiger partial charge in [-0.15, -0.1) is 0 Å². The Balaban J connectivity index is 1.67. The van der Waals surface area contributed by atoms with Gasteiger partial charge in [0.15, 0.2) is 0 Å². The number of carbonyl (C=O) groups excluding carboxylic acids is 2. The Morgan fingerprint density at radius 2 is 1.64 bits per heavy atom. The third-order valence-electron chi connectivity index (χ3n) is 7.03. The van der Waals surface area contributed by atoms with Crippen molar-refractivity contribution in [3.63, 3.8) is 0 Å². The van der Waals surface area contributed by atoms with Gasteiger partial charge in [0, 0.05) is 17.6 Å². The first-order valence-corrected chi connectivity index (χ1v) is 15.0. The molecule has 0 bridgehead atoms. The molecule has 0 aliphatic heterocycles. The van der Waals surface area contributed by atoms with Gasteiger partial charge in [-0.3, -0.25) is 13.9 Å². The number of nitrogens with one attached hydrogen (secondary N) is 1. The highest BCUT2D eigenvalue weighted by Gasteiger charge is 2.33. The van der Waals surface area contributed by atoms with Crippen LogP contribution in [0.5, 0.6) is 0 Å². The monoisotopic (exact) mass is 567 g/mol. The molecule has 1 saturated carbocycles. The molecule has 2 amide bonds. The van der Waals surface area contributed by atoms with Gasteiger partial charge in [-0.2, -0.15) is 0 Å². The van der Waals surface area contributed by atoms with Crippen molar-refractivity contribution in [3.8, 4) is 0 Å². The lowest BCUT2D eigenvalue weighted by molar-refractivity contribution is -0.139. The smallest absolute Gasteiger partial charge is 0.264 e. The van der Waals surface area contributed by atoms with Gasteiger partial charge in [-0.1, -0.05) is 72.5 Å². The van der Waals surface area contributed by atoms with Crippen LogP contribution in [0.2, 0.25) is 5.02 Å². The quantitative estimate of drug-likeness (QED) is 0.359. The number of aryl methyl sites for hydroxylation is 1. The SMILES string of the molecule is Cc1cccc(CN(C(=O)CN(c2ccc(Cl)cc2)S(=O)(=O)c2ccccc2)C(C)C(=O)NC2CCCC2)c1. The number of sulfonamides is 1. The van der Waals surface area contributed by atoms with Crippen LogP contribution in [0.4, 0.5) is 5.69 Å². The summed E-state index contributed by atoms with van der Waals surface area (Å²) in [6, 6.07) is 21.3. The maximum absolute atomic E-state index is 14.0. The van der Waals surface area contributed by atoms with Gasteiger partial charge in [0.05, 0.1) is 10.6 Å². The topological polar surface area (TPSA) is 86.8 Å². The Hall–Kier alpha value is -3.36. The molecule has 0 saturated heterocycles. The zero-order chi connectivity index (χ0) is 28.0. The molecule has 0 heterocycles. The Morgan fingerprint density at radius 1 is 0.974 bits per heavy atom. The average molecular weight is 568 g/mol. The van der Waals surface area contributed by atoms with Gasteiger partial charge >= 0.3 is 0 Å². The summed E-state index contributed by atoms with van der Waals surface area (Å²) in [5.74, 6) is -0.730. The molecule has 1 unspecified atom stereocenters. The van der Waals surface area contributed by atoms with E-state index < -0.39 is 28.5 Å². The first-order valence-electron chi connectivity index (χ1n) is 13.1. The number of amides is 2. The van der Waals surface area contributed by atoms with Crippen LogP contribution < -0.4 is 9.62 Å². The maximum atomic E-state index is 14.0. The molecule has 39 heavy (non-hydrogen) atoms. The average Bonchev–Trinajstić information content (AvgIpc) is 3.44. The van der Waals surface area contributed by atoms with Crippen molar-refractivity contribution < 1.29 is 18.0 Å². The summed E-state index contributed by atoms with van der Waals surface area (Å²) in [5.41, 5.74) is 2.18. The van der Waals surface area contributed by atoms with Crippen LogP contribution in [0.1, 0.15) is 43.7 Å². The molecule has 3 aromatic rings. The Labute approximate surface area is 235 Å². The standard InChI is InChI=1S/C30H34ClN3O4S/c1-22-9-8-10-24(19-22)20-33(23(2)30(36)32-26-11-6-7-12-26)29(35)21-34(27-17-15-25(31)16-18-27)39(37,38)28-13-4-3-5-14-28/h3-5,8-10,13-19,23,26H,6-7,11-12,20-21H2,1-2H3,(H,32,36). The molecule has 206 valence electrons. The van der Waals surface area contributed by atoms with Crippen molar-refractivity contribution in [2.45, 2.75) is 63.1 Å². The fourth-order valence-corrected chi connectivity index (χ4v) is 6.40. The summed E-state index contributed by atoms with van der Waals surface area (Å²) in [5, 5.41) is 3.52. The van der Waals surface area contributed by atoms with Gasteiger partial charge in [0.25, 0.3) is 10.0 Å². The molecule has 7 nitrogen and oxygen atoms in total. The number of halogens is 1. The second-order valence-corrected chi connectivity index (χ2v) is 12.3. The molecule has 0 radical (unpaired) electrons. The number of hydrogen-bond donors (Lipinski definition) is 1. The number of nitrogens with zero attached hydrogens (tertiary/aromatic N) is 2. The lowest BCUT2D eigenvalue weighted by atomic mass is 10.1. The van der Waals surface area contributed by atoms with E-state index in [0.717, 1.165) is 41.1 Å². The second-order valence-electron chi connectivity index (χ2n) is 9.98. The molecule has 1 aliphatic rings. The minimum Gasteiger partial charge on any atom is -0.352 e. The van der Waals surface area contributed by atoms with E-state index >= 15 is 0 Å². The highest BCUT2D eigenvalue weighted by molar-refractivity contribution is 7.92. The molecule has 4 rings (SSSR count). The molecule has 0 aromatic heterocycles.